The average Bonchev–Trinajstić information content (AvgIpc) is 2.86. The van der Waals surface area contributed by atoms with Gasteiger partial charge in [0.05, 0.1) is 11.0 Å². The van der Waals surface area contributed by atoms with E-state index in [9.17, 15) is 5.26 Å². The average molecular weight is 317 g/mol. The number of aliphatic hydroxyl groups is 1. The van der Waals surface area contributed by atoms with Gasteiger partial charge in [-0.25, -0.2) is 9.97 Å². The molecule has 118 valence electrons. The smallest absolute Gasteiger partial charge is 0.162 e. The van der Waals surface area contributed by atoms with Crippen molar-refractivity contribution in [1.82, 2.24) is 14.5 Å². The van der Waals surface area contributed by atoms with Gasteiger partial charge in [0.25, 0.3) is 0 Å². The predicted octanol–water partition coefficient (Wildman–Crippen LogP) is 2.57. The fourth-order valence-electron chi connectivity index (χ4n) is 3.02. The number of anilines is 1. The number of nitrogen functional groups attached to an aromatic ring is 1. The number of nitrogens with two attached hydrogens (primary N) is 1. The highest BCUT2D eigenvalue weighted by Crippen LogP contribution is 2.29. The van der Waals surface area contributed by atoms with Crippen molar-refractivity contribution in [3.63, 3.8) is 0 Å². The highest BCUT2D eigenvalue weighted by atomic mass is 16.3. The van der Waals surface area contributed by atoms with E-state index in [0.29, 0.717) is 35.5 Å². The first-order valence-electron chi connectivity index (χ1n) is 7.72. The van der Waals surface area contributed by atoms with Gasteiger partial charge < -0.3 is 15.4 Å². The number of rotatable bonds is 3. The van der Waals surface area contributed by atoms with E-state index in [0.717, 1.165) is 21.8 Å². The summed E-state index contributed by atoms with van der Waals surface area (Å²) in [4.78, 5) is 9.34. The molecule has 0 aliphatic carbocycles. The summed E-state index contributed by atoms with van der Waals surface area (Å²) in [7, 11) is 0. The summed E-state index contributed by atoms with van der Waals surface area (Å²) < 4.78 is 1.76. The highest BCUT2D eigenvalue weighted by Gasteiger charge is 2.18. The van der Waals surface area contributed by atoms with Gasteiger partial charge in [0.1, 0.15) is 23.0 Å². The van der Waals surface area contributed by atoms with Crippen molar-refractivity contribution in [3.05, 3.63) is 42.0 Å². The summed E-state index contributed by atoms with van der Waals surface area (Å²) >= 11 is 0. The molecule has 6 heteroatoms. The van der Waals surface area contributed by atoms with Gasteiger partial charge >= 0.3 is 0 Å². The third-order valence-corrected chi connectivity index (χ3v) is 4.20. The van der Waals surface area contributed by atoms with Crippen LogP contribution in [0.25, 0.3) is 33.0 Å². The summed E-state index contributed by atoms with van der Waals surface area (Å²) in [6.07, 6.45) is 0.538. The molecule has 0 spiro atoms. The zero-order chi connectivity index (χ0) is 16.7. The quantitative estimate of drug-likeness (QED) is 0.566. The molecule has 0 aliphatic heterocycles. The van der Waals surface area contributed by atoms with Crippen LogP contribution in [-0.4, -0.2) is 26.2 Å². The largest absolute Gasteiger partial charge is 0.396 e. The summed E-state index contributed by atoms with van der Waals surface area (Å²) in [5.41, 5.74) is 9.03. The Morgan fingerprint density at radius 3 is 2.42 bits per heavy atom. The van der Waals surface area contributed by atoms with E-state index in [2.05, 4.69) is 11.1 Å². The lowest BCUT2D eigenvalue weighted by Gasteiger charge is -2.06. The van der Waals surface area contributed by atoms with Crippen molar-refractivity contribution in [1.29, 1.82) is 5.26 Å². The highest BCUT2D eigenvalue weighted by molar-refractivity contribution is 5.99. The van der Waals surface area contributed by atoms with E-state index in [1.165, 1.54) is 0 Å². The Kier molecular flexibility index (Phi) is 3.29. The number of fused-ring (bicyclic) bond motifs is 3. The maximum Gasteiger partial charge on any atom is 0.162 e. The number of hydrogen-bond donors (Lipinski definition) is 2. The minimum Gasteiger partial charge on any atom is -0.396 e. The molecule has 0 amide bonds. The second-order valence-corrected chi connectivity index (χ2v) is 5.68. The van der Waals surface area contributed by atoms with Crippen molar-refractivity contribution >= 4 is 38.8 Å². The number of hydrogen-bond acceptors (Lipinski definition) is 5. The van der Waals surface area contributed by atoms with Crippen LogP contribution < -0.4 is 5.73 Å². The molecule has 2 aromatic heterocycles. The van der Waals surface area contributed by atoms with Crippen LogP contribution in [0.3, 0.4) is 0 Å². The van der Waals surface area contributed by atoms with Crippen LogP contribution in [0.4, 0.5) is 5.82 Å². The lowest BCUT2D eigenvalue weighted by atomic mass is 10.1. The van der Waals surface area contributed by atoms with Crippen molar-refractivity contribution < 1.29 is 5.11 Å². The first kappa shape index (κ1) is 14.4. The predicted molar refractivity (Wildman–Crippen MR) is 93.4 cm³/mol. The van der Waals surface area contributed by atoms with Crippen molar-refractivity contribution in [2.24, 2.45) is 0 Å². The number of nitrogens with zero attached hydrogens (tertiary/aromatic N) is 4. The molecule has 24 heavy (non-hydrogen) atoms. The molecule has 3 N–H and O–H groups in total. The van der Waals surface area contributed by atoms with Gasteiger partial charge in [0, 0.05) is 13.2 Å². The number of aliphatic hydroxyl groups excluding tert-OH is 1. The van der Waals surface area contributed by atoms with Crippen LogP contribution in [0, 0.1) is 11.3 Å². The normalized spacial score (nSPS) is 11.3. The van der Waals surface area contributed by atoms with Crippen molar-refractivity contribution in [2.45, 2.75) is 13.0 Å². The summed E-state index contributed by atoms with van der Waals surface area (Å²) in [5.74, 6) is 0.348. The van der Waals surface area contributed by atoms with E-state index >= 15 is 0 Å². The van der Waals surface area contributed by atoms with Crippen LogP contribution in [0.5, 0.6) is 0 Å². The minimum absolute atomic E-state index is 0.0483. The van der Waals surface area contributed by atoms with Gasteiger partial charge in [-0.2, -0.15) is 5.26 Å². The van der Waals surface area contributed by atoms with Gasteiger partial charge in [0.2, 0.25) is 0 Å². The van der Waals surface area contributed by atoms with Gasteiger partial charge in [-0.3, -0.25) is 0 Å². The Morgan fingerprint density at radius 1 is 1.12 bits per heavy atom. The van der Waals surface area contributed by atoms with E-state index in [1.807, 2.05) is 36.4 Å². The van der Waals surface area contributed by atoms with Crippen molar-refractivity contribution in [3.8, 4) is 6.07 Å². The fourth-order valence-corrected chi connectivity index (χ4v) is 3.02. The molecule has 2 heterocycles. The molecule has 0 radical (unpaired) electrons. The fraction of sp³-hybridized carbons (Fsp3) is 0.167. The van der Waals surface area contributed by atoms with E-state index in [-0.39, 0.29) is 6.61 Å². The number of aryl methyl sites for hydroxylation is 1. The lowest BCUT2D eigenvalue weighted by Crippen LogP contribution is -2.05. The minimum atomic E-state index is 0.0483. The monoisotopic (exact) mass is 317 g/mol. The molecule has 6 nitrogen and oxygen atoms in total. The lowest BCUT2D eigenvalue weighted by molar-refractivity contribution is 0.281. The zero-order valence-corrected chi connectivity index (χ0v) is 12.9. The molecular weight excluding hydrogens is 302 g/mol. The second kappa shape index (κ2) is 5.48. The van der Waals surface area contributed by atoms with E-state index < -0.39 is 0 Å². The molecule has 4 rings (SSSR count). The van der Waals surface area contributed by atoms with E-state index in [4.69, 9.17) is 15.8 Å². The standard InChI is InChI=1S/C18H15N5O/c19-10-13-16-18(23(17(13)20)6-3-7-24)22-15-9-12-5-2-1-4-11(12)8-14(15)21-16/h1-2,4-5,8-9,24H,3,6-7,20H2. The summed E-state index contributed by atoms with van der Waals surface area (Å²) in [5, 5.41) is 20.7. The molecule has 0 atom stereocenters. The summed E-state index contributed by atoms with van der Waals surface area (Å²) in [6.45, 7) is 0.543. The van der Waals surface area contributed by atoms with Gasteiger partial charge in [-0.05, 0) is 29.3 Å². The first-order chi connectivity index (χ1) is 11.7. The molecule has 4 aromatic rings. The Morgan fingerprint density at radius 2 is 1.79 bits per heavy atom. The van der Waals surface area contributed by atoms with E-state index in [1.54, 1.807) is 4.57 Å². The zero-order valence-electron chi connectivity index (χ0n) is 12.9. The first-order valence-corrected chi connectivity index (χ1v) is 7.72. The Hall–Kier alpha value is -3.17. The Balaban J connectivity index is 2.07. The van der Waals surface area contributed by atoms with Crippen LogP contribution in [0.1, 0.15) is 12.0 Å². The SMILES string of the molecule is N#Cc1c(N)n(CCCO)c2nc3cc4ccccc4cc3nc12. The maximum absolute atomic E-state index is 9.44. The Labute approximate surface area is 137 Å². The van der Waals surface area contributed by atoms with Gasteiger partial charge in [-0.15, -0.1) is 0 Å². The third-order valence-electron chi connectivity index (χ3n) is 4.20. The van der Waals surface area contributed by atoms with Crippen LogP contribution in [-0.2, 0) is 6.54 Å². The summed E-state index contributed by atoms with van der Waals surface area (Å²) in [6, 6.07) is 14.1. The molecule has 0 saturated carbocycles. The maximum atomic E-state index is 9.44. The molecular formula is C18H15N5O. The number of nitriles is 1. The Bertz CT molecular complexity index is 1120. The third kappa shape index (κ3) is 2.07. The van der Waals surface area contributed by atoms with Crippen molar-refractivity contribution in [2.75, 3.05) is 12.3 Å². The molecule has 0 aliphatic rings. The molecule has 0 unspecified atom stereocenters. The van der Waals surface area contributed by atoms with Gasteiger partial charge in [0.15, 0.2) is 5.65 Å². The second-order valence-electron chi connectivity index (χ2n) is 5.68. The molecule has 0 fully saturated rings. The van der Waals surface area contributed by atoms with Crippen LogP contribution >= 0.6 is 0 Å². The molecule has 0 saturated heterocycles. The number of aromatic nitrogens is 3. The molecule has 2 aromatic carbocycles. The topological polar surface area (TPSA) is 101 Å². The van der Waals surface area contributed by atoms with Crippen LogP contribution in [0.15, 0.2) is 36.4 Å². The van der Waals surface area contributed by atoms with Gasteiger partial charge in [-0.1, -0.05) is 24.3 Å². The van der Waals surface area contributed by atoms with Crippen LogP contribution in [0.2, 0.25) is 0 Å². The molecule has 0 bridgehead atoms. The number of benzene rings is 2.